The Balaban J connectivity index is 2.60. The number of fused-ring (bicyclic) bond motifs is 1. The van der Waals surface area contributed by atoms with Gasteiger partial charge in [0.2, 0.25) is 0 Å². The van der Waals surface area contributed by atoms with Gasteiger partial charge in [0.05, 0.1) is 23.2 Å². The summed E-state index contributed by atoms with van der Waals surface area (Å²) in [6.45, 7) is 1.35. The molecule has 18 heavy (non-hydrogen) atoms. The number of aliphatic hydroxyl groups is 1. The van der Waals surface area contributed by atoms with Crippen molar-refractivity contribution < 1.29 is 14.6 Å². The van der Waals surface area contributed by atoms with E-state index in [0.717, 1.165) is 12.2 Å². The second-order valence-corrected chi connectivity index (χ2v) is 4.04. The first-order chi connectivity index (χ1) is 8.74. The smallest absolute Gasteiger partial charge is 0.186 e. The number of carbonyl (C=O) groups excluding carboxylic acids is 1. The van der Waals surface area contributed by atoms with Crippen LogP contribution in [0.2, 0.25) is 0 Å². The van der Waals surface area contributed by atoms with Crippen LogP contribution in [0.15, 0.2) is 18.2 Å². The van der Waals surface area contributed by atoms with Gasteiger partial charge in [-0.1, -0.05) is 6.07 Å². The van der Waals surface area contributed by atoms with Crippen molar-refractivity contribution in [2.75, 3.05) is 32.1 Å². The van der Waals surface area contributed by atoms with Crippen molar-refractivity contribution in [2.24, 2.45) is 0 Å². The van der Waals surface area contributed by atoms with E-state index in [0.29, 0.717) is 22.7 Å². The molecule has 0 fully saturated rings. The van der Waals surface area contributed by atoms with E-state index in [1.54, 1.807) is 17.0 Å². The normalized spacial score (nSPS) is 17.6. The first kappa shape index (κ1) is 12.6. The van der Waals surface area contributed by atoms with Gasteiger partial charge in [0.15, 0.2) is 12.0 Å². The van der Waals surface area contributed by atoms with Crippen LogP contribution in [0, 0.1) is 0 Å². The highest BCUT2D eigenvalue weighted by atomic mass is 16.5. The minimum atomic E-state index is -0.854. The van der Waals surface area contributed by atoms with Crippen molar-refractivity contribution in [1.29, 1.82) is 0 Å². The van der Waals surface area contributed by atoms with Crippen LogP contribution in [-0.2, 0) is 9.53 Å². The third-order valence-corrected chi connectivity index (χ3v) is 3.06. The highest BCUT2D eigenvalue weighted by Gasteiger charge is 2.30. The van der Waals surface area contributed by atoms with Gasteiger partial charge in [0, 0.05) is 13.1 Å². The van der Waals surface area contributed by atoms with Crippen LogP contribution in [0.25, 0.3) is 5.76 Å². The monoisotopic (exact) mass is 248 g/mol. The topological polar surface area (TPSA) is 61.8 Å². The molecule has 2 rings (SSSR count). The summed E-state index contributed by atoms with van der Waals surface area (Å²) in [5, 5.41) is 14.3. The minimum absolute atomic E-state index is 0.403. The molecule has 1 heterocycles. The summed E-state index contributed by atoms with van der Waals surface area (Å²) < 4.78 is 5.23. The maximum atomic E-state index is 10.9. The highest BCUT2D eigenvalue weighted by molar-refractivity contribution is 5.69. The molecule has 5 nitrogen and oxygen atoms in total. The van der Waals surface area contributed by atoms with E-state index >= 15 is 0 Å². The number of hydrogen-bond donors (Lipinski definition) is 2. The molecule has 96 valence electrons. The summed E-state index contributed by atoms with van der Waals surface area (Å²) in [5.74, 6) is 2.29. The third kappa shape index (κ3) is 1.88. The van der Waals surface area contributed by atoms with Gasteiger partial charge in [-0.3, -0.25) is 0 Å². The maximum absolute atomic E-state index is 10.9. The fourth-order valence-electron chi connectivity index (χ4n) is 2.21. The molecule has 2 N–H and O–H groups in total. The molecule has 1 aliphatic rings. The van der Waals surface area contributed by atoms with Gasteiger partial charge in [-0.15, -0.1) is 0 Å². The van der Waals surface area contributed by atoms with E-state index in [4.69, 9.17) is 4.74 Å². The van der Waals surface area contributed by atoms with Crippen LogP contribution in [0.5, 0.6) is 0 Å². The summed E-state index contributed by atoms with van der Waals surface area (Å²) >= 11 is 0. The molecule has 0 saturated carbocycles. The van der Waals surface area contributed by atoms with Crippen LogP contribution < -0.4 is 20.7 Å². The standard InChI is InChI=1S/C13H16N2O3/c1-14-6-7-15-10-5-3-4-9(8-16)11(10)12(18-2)13(15)17/h3-5,13-14,17H,6-7H2,1-2H3. The number of aliphatic hydroxyl groups excluding tert-OH is 1. The molecule has 0 aliphatic carbocycles. The van der Waals surface area contributed by atoms with Crippen LogP contribution in [0.3, 0.4) is 0 Å². The van der Waals surface area contributed by atoms with E-state index in [2.05, 4.69) is 5.32 Å². The molecule has 1 unspecified atom stereocenters. The average molecular weight is 248 g/mol. The largest absolute Gasteiger partial charge is 0.496 e. The van der Waals surface area contributed by atoms with Crippen molar-refractivity contribution in [3.8, 4) is 0 Å². The molecule has 0 bridgehead atoms. The molecule has 0 saturated heterocycles. The third-order valence-electron chi connectivity index (χ3n) is 3.06. The van der Waals surface area contributed by atoms with Gasteiger partial charge in [-0.2, -0.15) is 0 Å². The fraction of sp³-hybridized carbons (Fsp3) is 0.385. The van der Waals surface area contributed by atoms with Gasteiger partial charge in [0.1, 0.15) is 5.94 Å². The van der Waals surface area contributed by atoms with Crippen LogP contribution >= 0.6 is 0 Å². The SMILES string of the molecule is CNCCN1c2cccc(=C=O)c2=C(OC)C1O. The molecule has 1 aliphatic heterocycles. The van der Waals surface area contributed by atoms with E-state index in [9.17, 15) is 9.90 Å². The van der Waals surface area contributed by atoms with E-state index < -0.39 is 6.23 Å². The Hall–Kier alpha value is -1.81. The van der Waals surface area contributed by atoms with Crippen molar-refractivity contribution >= 4 is 17.4 Å². The zero-order valence-corrected chi connectivity index (χ0v) is 10.4. The second-order valence-electron chi connectivity index (χ2n) is 4.04. The number of methoxy groups -OCH3 is 1. The predicted molar refractivity (Wildman–Crippen MR) is 68.2 cm³/mol. The summed E-state index contributed by atoms with van der Waals surface area (Å²) in [6, 6.07) is 5.30. The first-order valence-corrected chi connectivity index (χ1v) is 5.76. The van der Waals surface area contributed by atoms with Gasteiger partial charge >= 0.3 is 0 Å². The highest BCUT2D eigenvalue weighted by Crippen LogP contribution is 2.22. The number of nitrogens with zero attached hydrogens (tertiary/aromatic N) is 1. The lowest BCUT2D eigenvalue weighted by atomic mass is 10.2. The van der Waals surface area contributed by atoms with E-state index in [-0.39, 0.29) is 0 Å². The quantitative estimate of drug-likeness (QED) is 0.665. The van der Waals surface area contributed by atoms with Crippen molar-refractivity contribution in [3.63, 3.8) is 0 Å². The number of benzene rings is 1. The summed E-state index contributed by atoms with van der Waals surface area (Å²) in [5.41, 5.74) is 0.801. The Kier molecular flexibility index (Phi) is 3.67. The Morgan fingerprint density at radius 2 is 2.33 bits per heavy atom. The number of anilines is 1. The Morgan fingerprint density at radius 1 is 1.56 bits per heavy atom. The summed E-state index contributed by atoms with van der Waals surface area (Å²) in [4.78, 5) is 12.7. The van der Waals surface area contributed by atoms with Gasteiger partial charge in [-0.05, 0) is 19.2 Å². The number of likely N-dealkylation sites (N-methyl/N-ethyl adjacent to an activating group) is 1. The Labute approximate surface area is 105 Å². The van der Waals surface area contributed by atoms with Gasteiger partial charge < -0.3 is 20.1 Å². The molecule has 0 radical (unpaired) electrons. The predicted octanol–water partition coefficient (Wildman–Crippen LogP) is -1.70. The molecular weight excluding hydrogens is 232 g/mol. The zero-order chi connectivity index (χ0) is 13.1. The van der Waals surface area contributed by atoms with Crippen molar-refractivity contribution in [2.45, 2.75) is 6.23 Å². The minimum Gasteiger partial charge on any atom is -0.496 e. The van der Waals surface area contributed by atoms with Crippen molar-refractivity contribution in [3.05, 3.63) is 28.6 Å². The summed E-state index contributed by atoms with van der Waals surface area (Å²) in [6.07, 6.45) is -0.854. The van der Waals surface area contributed by atoms with Crippen LogP contribution in [-0.4, -0.2) is 44.5 Å². The first-order valence-electron chi connectivity index (χ1n) is 5.76. The van der Waals surface area contributed by atoms with Crippen molar-refractivity contribution in [1.82, 2.24) is 5.32 Å². The number of nitrogens with one attached hydrogen (secondary N) is 1. The molecular formula is C13H16N2O3. The second kappa shape index (κ2) is 5.23. The Bertz CT molecular complexity index is 578. The molecule has 1 aromatic rings. The molecule has 0 spiro atoms. The molecule has 0 aromatic heterocycles. The average Bonchev–Trinajstić information content (AvgIpc) is 2.67. The molecule has 1 aromatic carbocycles. The summed E-state index contributed by atoms with van der Waals surface area (Å²) in [7, 11) is 3.34. The molecule has 0 amide bonds. The lowest BCUT2D eigenvalue weighted by molar-refractivity contribution is 0.179. The molecule has 1 atom stereocenters. The van der Waals surface area contributed by atoms with Crippen LogP contribution in [0.1, 0.15) is 0 Å². The van der Waals surface area contributed by atoms with Gasteiger partial charge in [0.25, 0.3) is 0 Å². The molecule has 5 heteroatoms. The zero-order valence-electron chi connectivity index (χ0n) is 10.4. The van der Waals surface area contributed by atoms with E-state index in [1.807, 2.05) is 19.1 Å². The van der Waals surface area contributed by atoms with E-state index in [1.165, 1.54) is 7.11 Å². The maximum Gasteiger partial charge on any atom is 0.186 e. The number of ether oxygens (including phenoxy) is 1. The lowest BCUT2D eigenvalue weighted by Gasteiger charge is -2.24. The van der Waals surface area contributed by atoms with Crippen LogP contribution in [0.4, 0.5) is 5.69 Å². The lowest BCUT2D eigenvalue weighted by Crippen LogP contribution is -2.37. The number of rotatable bonds is 4. The van der Waals surface area contributed by atoms with Gasteiger partial charge in [-0.25, -0.2) is 4.79 Å². The Morgan fingerprint density at radius 3 is 2.94 bits per heavy atom. The number of hydrogen-bond acceptors (Lipinski definition) is 5. The fourth-order valence-corrected chi connectivity index (χ4v) is 2.21.